The van der Waals surface area contributed by atoms with Crippen molar-refractivity contribution in [2.45, 2.75) is 18.8 Å². The van der Waals surface area contributed by atoms with Crippen molar-refractivity contribution in [1.29, 1.82) is 0 Å². The number of likely N-dealkylation sites (tertiary alicyclic amines) is 1. The first-order valence-corrected chi connectivity index (χ1v) is 10.5. The van der Waals surface area contributed by atoms with Gasteiger partial charge in [-0.15, -0.1) is 10.2 Å². The molecule has 2 aromatic carbocycles. The van der Waals surface area contributed by atoms with Gasteiger partial charge in [0.25, 0.3) is 5.91 Å². The molecular weight excluding hydrogens is 388 g/mol. The van der Waals surface area contributed by atoms with Gasteiger partial charge in [-0.2, -0.15) is 0 Å². The van der Waals surface area contributed by atoms with Crippen molar-refractivity contribution in [3.63, 3.8) is 0 Å². The van der Waals surface area contributed by atoms with Crippen LogP contribution in [-0.2, 0) is 0 Å². The van der Waals surface area contributed by atoms with Gasteiger partial charge in [0.2, 0.25) is 0 Å². The number of amides is 1. The van der Waals surface area contributed by atoms with Crippen molar-refractivity contribution in [1.82, 2.24) is 19.5 Å². The molecule has 0 bridgehead atoms. The van der Waals surface area contributed by atoms with Crippen molar-refractivity contribution in [2.75, 3.05) is 13.1 Å². The van der Waals surface area contributed by atoms with Gasteiger partial charge in [-0.3, -0.25) is 14.0 Å². The second kappa shape index (κ2) is 8.14. The summed E-state index contributed by atoms with van der Waals surface area (Å²) in [6.45, 7) is 1.22. The minimum Gasteiger partial charge on any atom is -0.338 e. The van der Waals surface area contributed by atoms with Gasteiger partial charge in [-0.1, -0.05) is 54.6 Å². The second-order valence-corrected chi connectivity index (χ2v) is 7.82. The summed E-state index contributed by atoms with van der Waals surface area (Å²) in [5.74, 6) is 0.730. The molecule has 1 amide bonds. The monoisotopic (exact) mass is 410 g/mol. The summed E-state index contributed by atoms with van der Waals surface area (Å²) in [6, 6.07) is 22.0. The first-order chi connectivity index (χ1) is 15.2. The third kappa shape index (κ3) is 3.61. The van der Waals surface area contributed by atoms with Crippen LogP contribution in [0.1, 0.15) is 50.9 Å². The number of ketones is 1. The van der Waals surface area contributed by atoms with E-state index in [9.17, 15) is 9.59 Å². The highest BCUT2D eigenvalue weighted by Crippen LogP contribution is 2.28. The number of aromatic nitrogens is 3. The zero-order valence-electron chi connectivity index (χ0n) is 17.0. The average molecular weight is 410 g/mol. The molecule has 1 saturated heterocycles. The normalized spacial score (nSPS) is 16.4. The lowest BCUT2D eigenvalue weighted by atomic mass is 9.94. The Morgan fingerprint density at radius 2 is 1.58 bits per heavy atom. The van der Waals surface area contributed by atoms with Crippen LogP contribution in [-0.4, -0.2) is 44.3 Å². The van der Waals surface area contributed by atoms with E-state index in [4.69, 9.17) is 0 Å². The van der Waals surface area contributed by atoms with Crippen LogP contribution in [0.15, 0.2) is 79.0 Å². The number of pyridine rings is 1. The predicted octanol–water partition coefficient (Wildman–Crippen LogP) is 3.98. The molecule has 31 heavy (non-hydrogen) atoms. The van der Waals surface area contributed by atoms with E-state index in [1.54, 1.807) is 30.3 Å². The zero-order chi connectivity index (χ0) is 21.2. The van der Waals surface area contributed by atoms with E-state index in [0.29, 0.717) is 29.8 Å². The minimum absolute atomic E-state index is 0.104. The molecule has 1 aliphatic rings. The van der Waals surface area contributed by atoms with Crippen LogP contribution in [0.3, 0.4) is 0 Å². The van der Waals surface area contributed by atoms with Crippen LogP contribution >= 0.6 is 0 Å². The molecular formula is C25H22N4O2. The first kappa shape index (κ1) is 19.2. The van der Waals surface area contributed by atoms with Crippen molar-refractivity contribution < 1.29 is 9.59 Å². The van der Waals surface area contributed by atoms with E-state index in [2.05, 4.69) is 10.2 Å². The number of fused-ring (bicyclic) bond motifs is 1. The highest BCUT2D eigenvalue weighted by Gasteiger charge is 2.30. The van der Waals surface area contributed by atoms with Crippen LogP contribution in [0.2, 0.25) is 0 Å². The third-order valence-electron chi connectivity index (χ3n) is 5.85. The standard InChI is InChI=1S/C25H22N4O2/c30-23(18-9-2-1-3-10-18)20-12-4-5-13-21(20)25(31)28-15-8-11-19(17-28)24-27-26-22-14-6-7-16-29(22)24/h1-7,9-10,12-14,16,19H,8,11,15,17H2/t19-/m1/s1. The van der Waals surface area contributed by atoms with Crippen molar-refractivity contribution in [3.8, 4) is 0 Å². The lowest BCUT2D eigenvalue weighted by Crippen LogP contribution is -2.40. The topological polar surface area (TPSA) is 67.6 Å². The van der Waals surface area contributed by atoms with Crippen molar-refractivity contribution in [2.24, 2.45) is 0 Å². The number of carbonyl (C=O) groups is 2. The molecule has 6 heteroatoms. The lowest BCUT2D eigenvalue weighted by Gasteiger charge is -2.32. The number of nitrogens with zero attached hydrogens (tertiary/aromatic N) is 4. The summed E-state index contributed by atoms with van der Waals surface area (Å²) < 4.78 is 1.99. The Bertz CT molecular complexity index is 1250. The molecule has 3 heterocycles. The molecule has 5 rings (SSSR count). The Balaban J connectivity index is 1.42. The largest absolute Gasteiger partial charge is 0.338 e. The van der Waals surface area contributed by atoms with Crippen molar-refractivity contribution in [3.05, 3.63) is 102 Å². The maximum Gasteiger partial charge on any atom is 0.254 e. The van der Waals surface area contributed by atoms with E-state index < -0.39 is 0 Å². The number of rotatable bonds is 4. The van der Waals surface area contributed by atoms with Gasteiger partial charge >= 0.3 is 0 Å². The first-order valence-electron chi connectivity index (χ1n) is 10.5. The molecule has 1 atom stereocenters. The predicted molar refractivity (Wildman–Crippen MR) is 117 cm³/mol. The number of carbonyl (C=O) groups excluding carboxylic acids is 2. The minimum atomic E-state index is -0.137. The quantitative estimate of drug-likeness (QED) is 0.477. The summed E-state index contributed by atoms with van der Waals surface area (Å²) >= 11 is 0. The summed E-state index contributed by atoms with van der Waals surface area (Å²) in [4.78, 5) is 28.4. The number of hydrogen-bond acceptors (Lipinski definition) is 4. The molecule has 0 aliphatic carbocycles. The molecule has 0 unspecified atom stereocenters. The molecule has 154 valence electrons. The zero-order valence-corrected chi connectivity index (χ0v) is 17.0. The fraction of sp³-hybridized carbons (Fsp3) is 0.200. The van der Waals surface area contributed by atoms with Gasteiger partial charge < -0.3 is 4.90 Å². The summed E-state index contributed by atoms with van der Waals surface area (Å²) in [6.07, 6.45) is 3.79. The van der Waals surface area contributed by atoms with Crippen LogP contribution < -0.4 is 0 Å². The van der Waals surface area contributed by atoms with Gasteiger partial charge in [0.1, 0.15) is 5.82 Å². The number of benzene rings is 2. The fourth-order valence-corrected chi connectivity index (χ4v) is 4.29. The van der Waals surface area contributed by atoms with Crippen molar-refractivity contribution >= 4 is 17.3 Å². The molecule has 0 radical (unpaired) electrons. The number of hydrogen-bond donors (Lipinski definition) is 0. The summed E-state index contributed by atoms with van der Waals surface area (Å²) in [5, 5.41) is 8.65. The van der Waals surface area contributed by atoms with E-state index in [1.807, 2.05) is 58.0 Å². The third-order valence-corrected chi connectivity index (χ3v) is 5.85. The Kier molecular flexibility index (Phi) is 5.04. The molecule has 4 aromatic rings. The van der Waals surface area contributed by atoms with Gasteiger partial charge in [0.05, 0.1) is 5.56 Å². The van der Waals surface area contributed by atoms with Gasteiger partial charge in [-0.05, 0) is 31.0 Å². The van der Waals surface area contributed by atoms with E-state index in [0.717, 1.165) is 24.3 Å². The van der Waals surface area contributed by atoms with Crippen LogP contribution in [0.5, 0.6) is 0 Å². The van der Waals surface area contributed by atoms with E-state index in [1.165, 1.54) is 0 Å². The van der Waals surface area contributed by atoms with E-state index in [-0.39, 0.29) is 17.6 Å². The van der Waals surface area contributed by atoms with Crippen LogP contribution in [0.25, 0.3) is 5.65 Å². The SMILES string of the molecule is O=C(c1ccccc1)c1ccccc1C(=O)N1CCC[C@@H](c2nnc3ccccn23)C1. The fourth-order valence-electron chi connectivity index (χ4n) is 4.29. The highest BCUT2D eigenvalue weighted by molar-refractivity contribution is 6.15. The molecule has 0 spiro atoms. The lowest BCUT2D eigenvalue weighted by molar-refractivity contribution is 0.0700. The molecule has 2 aromatic heterocycles. The molecule has 0 N–H and O–H groups in total. The maximum absolute atomic E-state index is 13.5. The van der Waals surface area contributed by atoms with Gasteiger partial charge in [0.15, 0.2) is 11.4 Å². The van der Waals surface area contributed by atoms with E-state index >= 15 is 0 Å². The molecule has 1 fully saturated rings. The molecule has 6 nitrogen and oxygen atoms in total. The molecule has 0 saturated carbocycles. The molecule has 1 aliphatic heterocycles. The smallest absolute Gasteiger partial charge is 0.254 e. The Labute approximate surface area is 180 Å². The summed E-state index contributed by atoms with van der Waals surface area (Å²) in [7, 11) is 0. The maximum atomic E-state index is 13.5. The highest BCUT2D eigenvalue weighted by atomic mass is 16.2. The Hall–Kier alpha value is -3.80. The Morgan fingerprint density at radius 1 is 0.839 bits per heavy atom. The second-order valence-electron chi connectivity index (χ2n) is 7.82. The Morgan fingerprint density at radius 3 is 2.42 bits per heavy atom. The van der Waals surface area contributed by atoms with Crippen LogP contribution in [0.4, 0.5) is 0 Å². The van der Waals surface area contributed by atoms with Gasteiger partial charge in [-0.25, -0.2) is 0 Å². The average Bonchev–Trinajstić information content (AvgIpc) is 3.28. The number of piperidine rings is 1. The van der Waals surface area contributed by atoms with Crippen LogP contribution in [0, 0.1) is 0 Å². The van der Waals surface area contributed by atoms with Gasteiger partial charge in [0, 0.05) is 36.3 Å². The summed E-state index contributed by atoms with van der Waals surface area (Å²) in [5.41, 5.74) is 2.27.